The Balaban J connectivity index is 2.34. The Morgan fingerprint density at radius 2 is 1.86 bits per heavy atom. The van der Waals surface area contributed by atoms with Crippen molar-refractivity contribution in [2.75, 3.05) is 0 Å². The van der Waals surface area contributed by atoms with Gasteiger partial charge in [0.05, 0.1) is 16.8 Å². The topological polar surface area (TPSA) is 70.4 Å². The zero-order valence-electron chi connectivity index (χ0n) is 11.4. The van der Waals surface area contributed by atoms with Gasteiger partial charge in [-0.05, 0) is 37.3 Å². The summed E-state index contributed by atoms with van der Waals surface area (Å²) >= 11 is 0. The lowest BCUT2D eigenvalue weighted by atomic mass is 10.0. The molecule has 0 radical (unpaired) electrons. The largest absolute Gasteiger partial charge is 0.507 e. The van der Waals surface area contributed by atoms with Crippen molar-refractivity contribution in [1.29, 1.82) is 0 Å². The number of phenols is 1. The van der Waals surface area contributed by atoms with Crippen molar-refractivity contribution in [2.24, 2.45) is 0 Å². The minimum atomic E-state index is -1.01. The second-order valence-electron chi connectivity index (χ2n) is 4.90. The molecule has 2 aromatic carbocycles. The number of nitrogens with zero attached hydrogens (tertiary/aromatic N) is 1. The third-order valence-corrected chi connectivity index (χ3v) is 3.37. The van der Waals surface area contributed by atoms with Gasteiger partial charge in [-0.2, -0.15) is 0 Å². The van der Waals surface area contributed by atoms with E-state index in [2.05, 4.69) is 4.98 Å². The van der Waals surface area contributed by atoms with Gasteiger partial charge < -0.3 is 10.2 Å². The molecule has 0 aliphatic carbocycles. The summed E-state index contributed by atoms with van der Waals surface area (Å²) in [5, 5.41) is 19.9. The van der Waals surface area contributed by atoms with Gasteiger partial charge in [-0.15, -0.1) is 0 Å². The molecule has 0 atom stereocenters. The normalized spacial score (nSPS) is 10.7. The molecule has 0 spiro atoms. The molecule has 0 amide bonds. The zero-order valence-corrected chi connectivity index (χ0v) is 11.4. The molecule has 0 unspecified atom stereocenters. The fraction of sp³-hybridized carbons (Fsp3) is 0.0588. The number of carboxylic acids is 1. The lowest BCUT2D eigenvalue weighted by Gasteiger charge is -2.09. The van der Waals surface area contributed by atoms with E-state index < -0.39 is 5.97 Å². The van der Waals surface area contributed by atoms with Crippen LogP contribution in [0.15, 0.2) is 48.5 Å². The van der Waals surface area contributed by atoms with Crippen LogP contribution in [-0.4, -0.2) is 21.2 Å². The Morgan fingerprint density at radius 1 is 1.10 bits per heavy atom. The first-order valence-electron chi connectivity index (χ1n) is 6.49. The van der Waals surface area contributed by atoms with Crippen LogP contribution in [-0.2, 0) is 0 Å². The molecular weight excluding hydrogens is 266 g/mol. The molecule has 0 bridgehead atoms. The van der Waals surface area contributed by atoms with Crippen molar-refractivity contribution in [2.45, 2.75) is 6.92 Å². The Kier molecular flexibility index (Phi) is 3.06. The van der Waals surface area contributed by atoms with Gasteiger partial charge in [-0.1, -0.05) is 23.8 Å². The number of carboxylic acid groups (broad SMARTS) is 1. The molecule has 0 aliphatic rings. The predicted octanol–water partition coefficient (Wildman–Crippen LogP) is 3.61. The van der Waals surface area contributed by atoms with Crippen LogP contribution in [0, 0.1) is 6.92 Å². The van der Waals surface area contributed by atoms with Gasteiger partial charge >= 0.3 is 5.97 Å². The summed E-state index contributed by atoms with van der Waals surface area (Å²) in [4.78, 5) is 16.0. The van der Waals surface area contributed by atoms with Crippen molar-refractivity contribution in [1.82, 2.24) is 4.98 Å². The van der Waals surface area contributed by atoms with Crippen LogP contribution in [0.3, 0.4) is 0 Å². The third kappa shape index (κ3) is 2.31. The van der Waals surface area contributed by atoms with Crippen LogP contribution in [0.25, 0.3) is 22.2 Å². The highest BCUT2D eigenvalue weighted by Crippen LogP contribution is 2.30. The van der Waals surface area contributed by atoms with Crippen molar-refractivity contribution in [3.63, 3.8) is 0 Å². The SMILES string of the molecule is Cc1ccc2nc(-c3ccccc3O)cc(C(=O)O)c2c1. The lowest BCUT2D eigenvalue weighted by molar-refractivity contribution is 0.0699. The molecule has 3 rings (SSSR count). The fourth-order valence-corrected chi connectivity index (χ4v) is 2.34. The average molecular weight is 279 g/mol. The quantitative estimate of drug-likeness (QED) is 0.751. The molecule has 4 heteroatoms. The molecule has 2 N–H and O–H groups in total. The van der Waals surface area contributed by atoms with E-state index >= 15 is 0 Å². The first kappa shape index (κ1) is 13.1. The number of aromatic hydroxyl groups is 1. The van der Waals surface area contributed by atoms with Crippen LogP contribution in [0.4, 0.5) is 0 Å². The van der Waals surface area contributed by atoms with E-state index in [1.54, 1.807) is 36.4 Å². The Labute approximate surface area is 121 Å². The first-order valence-corrected chi connectivity index (χ1v) is 6.49. The average Bonchev–Trinajstić information content (AvgIpc) is 2.46. The van der Waals surface area contributed by atoms with Crippen molar-refractivity contribution < 1.29 is 15.0 Å². The molecule has 4 nitrogen and oxygen atoms in total. The van der Waals surface area contributed by atoms with Crippen LogP contribution in [0.1, 0.15) is 15.9 Å². The number of hydrogen-bond donors (Lipinski definition) is 2. The number of rotatable bonds is 2. The van der Waals surface area contributed by atoms with Gasteiger partial charge in [0.2, 0.25) is 0 Å². The van der Waals surface area contributed by atoms with Gasteiger partial charge in [0, 0.05) is 10.9 Å². The van der Waals surface area contributed by atoms with Gasteiger partial charge in [-0.25, -0.2) is 9.78 Å². The molecule has 0 saturated carbocycles. The Hall–Kier alpha value is -2.88. The smallest absolute Gasteiger partial charge is 0.336 e. The van der Waals surface area contributed by atoms with Gasteiger partial charge in [0.1, 0.15) is 5.75 Å². The van der Waals surface area contributed by atoms with E-state index in [4.69, 9.17) is 0 Å². The minimum absolute atomic E-state index is 0.0767. The lowest BCUT2D eigenvalue weighted by Crippen LogP contribution is -2.00. The van der Waals surface area contributed by atoms with Crippen LogP contribution >= 0.6 is 0 Å². The molecule has 21 heavy (non-hydrogen) atoms. The third-order valence-electron chi connectivity index (χ3n) is 3.37. The number of para-hydroxylation sites is 1. The summed E-state index contributed by atoms with van der Waals surface area (Å²) in [7, 11) is 0. The summed E-state index contributed by atoms with van der Waals surface area (Å²) in [5.74, 6) is -0.933. The molecular formula is C17H13NO3. The number of benzene rings is 2. The highest BCUT2D eigenvalue weighted by molar-refractivity contribution is 6.04. The van der Waals surface area contributed by atoms with E-state index in [9.17, 15) is 15.0 Å². The van der Waals surface area contributed by atoms with Gasteiger partial charge in [0.25, 0.3) is 0 Å². The highest BCUT2D eigenvalue weighted by atomic mass is 16.4. The van der Waals surface area contributed by atoms with E-state index in [0.29, 0.717) is 22.2 Å². The van der Waals surface area contributed by atoms with Crippen LogP contribution in [0.5, 0.6) is 5.75 Å². The van der Waals surface area contributed by atoms with E-state index in [0.717, 1.165) is 5.56 Å². The first-order chi connectivity index (χ1) is 10.1. The second kappa shape index (κ2) is 4.90. The van der Waals surface area contributed by atoms with Crippen molar-refractivity contribution in [3.8, 4) is 17.0 Å². The maximum Gasteiger partial charge on any atom is 0.336 e. The summed E-state index contributed by atoms with van der Waals surface area (Å²) in [6.07, 6.45) is 0. The molecule has 104 valence electrons. The Morgan fingerprint density at radius 3 is 2.57 bits per heavy atom. The summed E-state index contributed by atoms with van der Waals surface area (Å²) in [6, 6.07) is 13.7. The number of aromatic carboxylic acids is 1. The number of aromatic nitrogens is 1. The van der Waals surface area contributed by atoms with Gasteiger partial charge in [0.15, 0.2) is 0 Å². The molecule has 0 aliphatic heterocycles. The molecule has 0 fully saturated rings. The van der Waals surface area contributed by atoms with Crippen LogP contribution < -0.4 is 0 Å². The van der Waals surface area contributed by atoms with Crippen molar-refractivity contribution in [3.05, 3.63) is 59.7 Å². The van der Waals surface area contributed by atoms with Crippen LogP contribution in [0.2, 0.25) is 0 Å². The number of pyridine rings is 1. The van der Waals surface area contributed by atoms with E-state index in [-0.39, 0.29) is 11.3 Å². The Bertz CT molecular complexity index is 856. The highest BCUT2D eigenvalue weighted by Gasteiger charge is 2.14. The second-order valence-corrected chi connectivity index (χ2v) is 4.90. The summed E-state index contributed by atoms with van der Waals surface area (Å²) in [5.41, 5.74) is 2.71. The maximum atomic E-state index is 11.5. The molecule has 0 saturated heterocycles. The number of aryl methyl sites for hydroxylation is 1. The van der Waals surface area contributed by atoms with E-state index in [1.807, 2.05) is 13.0 Å². The predicted molar refractivity (Wildman–Crippen MR) is 80.5 cm³/mol. The number of fused-ring (bicyclic) bond motifs is 1. The molecule has 3 aromatic rings. The fourth-order valence-electron chi connectivity index (χ4n) is 2.34. The van der Waals surface area contributed by atoms with Gasteiger partial charge in [-0.3, -0.25) is 0 Å². The number of hydrogen-bond acceptors (Lipinski definition) is 3. The summed E-state index contributed by atoms with van der Waals surface area (Å²) in [6.45, 7) is 1.90. The van der Waals surface area contributed by atoms with Crippen molar-refractivity contribution >= 4 is 16.9 Å². The number of carbonyl (C=O) groups is 1. The molecule has 1 heterocycles. The maximum absolute atomic E-state index is 11.5. The summed E-state index contributed by atoms with van der Waals surface area (Å²) < 4.78 is 0. The zero-order chi connectivity index (χ0) is 15.0. The minimum Gasteiger partial charge on any atom is -0.507 e. The molecule has 1 aromatic heterocycles. The monoisotopic (exact) mass is 279 g/mol. The standard InChI is InChI=1S/C17H13NO3/c1-10-6-7-14-12(8-10)13(17(20)21)9-15(18-14)11-4-2-3-5-16(11)19/h2-9,19H,1H3,(H,20,21). The van der Waals surface area contributed by atoms with E-state index in [1.165, 1.54) is 6.07 Å². The number of phenolic OH excluding ortho intramolecular Hbond substituents is 1.